The van der Waals surface area contributed by atoms with Gasteiger partial charge in [0.1, 0.15) is 11.5 Å². The van der Waals surface area contributed by atoms with E-state index in [0.717, 1.165) is 16.0 Å². The van der Waals surface area contributed by atoms with Gasteiger partial charge in [-0.1, -0.05) is 131 Å². The largest absolute Gasteiger partial charge is 0.457 e. The number of rotatable bonds is 3. The van der Waals surface area contributed by atoms with Gasteiger partial charge < -0.3 is 9.30 Å². The number of ether oxygens (including phenoxy) is 1. The lowest BCUT2D eigenvalue weighted by atomic mass is 10.1. The summed E-state index contributed by atoms with van der Waals surface area (Å²) in [5.74, 6) is 1.71. The van der Waals surface area contributed by atoms with E-state index in [1.807, 2.05) is 12.1 Å². The van der Waals surface area contributed by atoms with Gasteiger partial charge in [0.15, 0.2) is 8.07 Å². The quantitative estimate of drug-likeness (QED) is 0.170. The Bertz CT molecular complexity index is 2400. The number of hydrogen-bond donors (Lipinski definition) is 0. The van der Waals surface area contributed by atoms with Gasteiger partial charge in [-0.15, -0.1) is 0 Å². The van der Waals surface area contributed by atoms with Gasteiger partial charge in [0.25, 0.3) is 0 Å². The van der Waals surface area contributed by atoms with Crippen LogP contribution in [0, 0.1) is 0 Å². The molecule has 0 N–H and O–H groups in total. The highest BCUT2D eigenvalue weighted by Gasteiger charge is 2.49. The summed E-state index contributed by atoms with van der Waals surface area (Å²) >= 11 is 10.3. The van der Waals surface area contributed by atoms with Crippen molar-refractivity contribution in [2.75, 3.05) is 0 Å². The number of hydrogen-bond acceptors (Lipinski definition) is 1. The fourth-order valence-corrected chi connectivity index (χ4v) is 13.0. The van der Waals surface area contributed by atoms with Crippen LogP contribution in [0.1, 0.15) is 0 Å². The summed E-state index contributed by atoms with van der Waals surface area (Å²) in [5, 5.41) is 10.7. The van der Waals surface area contributed by atoms with Crippen LogP contribution in [-0.4, -0.2) is 12.6 Å². The molecule has 9 rings (SSSR count). The van der Waals surface area contributed by atoms with Crippen molar-refractivity contribution in [3.8, 4) is 17.2 Å². The average molecular weight is 679 g/mol. The Morgan fingerprint density at radius 1 is 0.511 bits per heavy atom. The maximum Gasteiger partial charge on any atom is 0.188 e. The van der Waals surface area contributed by atoms with Gasteiger partial charge in [-0.05, 0) is 74.7 Å². The summed E-state index contributed by atoms with van der Waals surface area (Å²) in [6.07, 6.45) is 0. The molecule has 5 heteroatoms. The molecule has 0 radical (unpaired) electrons. The van der Waals surface area contributed by atoms with Crippen LogP contribution < -0.4 is 25.5 Å². The van der Waals surface area contributed by atoms with Crippen molar-refractivity contribution >= 4 is 88.9 Å². The Balaban J connectivity index is 1.44. The molecular formula is C40H25BrClNOSi. The van der Waals surface area contributed by atoms with Crippen molar-refractivity contribution in [3.63, 3.8) is 0 Å². The number of benzene rings is 7. The summed E-state index contributed by atoms with van der Waals surface area (Å²) in [5.41, 5.74) is 3.57. The van der Waals surface area contributed by atoms with E-state index in [0.29, 0.717) is 5.02 Å². The minimum absolute atomic E-state index is 0.665. The van der Waals surface area contributed by atoms with Crippen molar-refractivity contribution in [1.82, 2.24) is 4.57 Å². The van der Waals surface area contributed by atoms with Crippen LogP contribution in [-0.2, 0) is 0 Å². The Morgan fingerprint density at radius 2 is 1.09 bits per heavy atom. The van der Waals surface area contributed by atoms with Crippen molar-refractivity contribution in [2.45, 2.75) is 0 Å². The first-order valence-corrected chi connectivity index (χ1v) is 18.2. The lowest BCUT2D eigenvalue weighted by molar-refractivity contribution is 0.487. The molecule has 1 aliphatic heterocycles. The van der Waals surface area contributed by atoms with Crippen LogP contribution >= 0.6 is 27.5 Å². The predicted molar refractivity (Wildman–Crippen MR) is 195 cm³/mol. The van der Waals surface area contributed by atoms with Crippen LogP contribution in [0.4, 0.5) is 0 Å². The zero-order chi connectivity index (χ0) is 30.1. The van der Waals surface area contributed by atoms with Crippen molar-refractivity contribution in [2.24, 2.45) is 0 Å². The smallest absolute Gasteiger partial charge is 0.188 e. The molecule has 0 amide bonds. The molecule has 1 aromatic heterocycles. The molecule has 2 heterocycles. The van der Waals surface area contributed by atoms with E-state index in [9.17, 15) is 0 Å². The minimum atomic E-state index is -2.92. The van der Waals surface area contributed by atoms with E-state index in [1.54, 1.807) is 0 Å². The van der Waals surface area contributed by atoms with E-state index in [2.05, 4.69) is 160 Å². The lowest BCUT2D eigenvalue weighted by Crippen LogP contribution is -2.76. The molecular weight excluding hydrogens is 654 g/mol. The molecule has 1 atom stereocenters. The lowest BCUT2D eigenvalue weighted by Gasteiger charge is -2.40. The topological polar surface area (TPSA) is 14.2 Å². The van der Waals surface area contributed by atoms with Crippen LogP contribution in [0.3, 0.4) is 0 Å². The molecule has 0 saturated heterocycles. The molecule has 214 valence electrons. The molecule has 2 nitrogen and oxygen atoms in total. The highest BCUT2D eigenvalue weighted by molar-refractivity contribution is 9.10. The fourth-order valence-electron chi connectivity index (χ4n) is 7.46. The second-order valence-electron chi connectivity index (χ2n) is 11.5. The third-order valence-electron chi connectivity index (χ3n) is 9.26. The number of halogens is 2. The summed E-state index contributed by atoms with van der Waals surface area (Å²) in [4.78, 5) is 0. The molecule has 8 aromatic rings. The Labute approximate surface area is 275 Å². The standard InChI is InChI=1S/C40H25BrClNOSi/c41-26-17-20-28(21-18-26)45(39-16-8-7-15-36(39)44-37-25-27(42)19-23-40(37)45)38-24-22-35(31-11-1-2-12-32(31)38)43-33-13-5-3-9-29(33)30-10-4-6-14-34(30)43/h1-25H. The van der Waals surface area contributed by atoms with E-state index in [1.165, 1.54) is 59.0 Å². The fraction of sp³-hybridized carbons (Fsp3) is 0. The van der Waals surface area contributed by atoms with Gasteiger partial charge in [-0.2, -0.15) is 0 Å². The molecule has 45 heavy (non-hydrogen) atoms. The summed E-state index contributed by atoms with van der Waals surface area (Å²) in [7, 11) is -2.92. The number of fused-ring (bicyclic) bond motifs is 6. The highest BCUT2D eigenvalue weighted by Crippen LogP contribution is 2.36. The highest BCUT2D eigenvalue weighted by atomic mass is 79.9. The number of nitrogens with zero attached hydrogens (tertiary/aromatic N) is 1. The third-order valence-corrected chi connectivity index (χ3v) is 14.9. The van der Waals surface area contributed by atoms with Gasteiger partial charge in [0, 0.05) is 25.7 Å². The number of para-hydroxylation sites is 3. The zero-order valence-corrected chi connectivity index (χ0v) is 27.4. The van der Waals surface area contributed by atoms with E-state index in [-0.39, 0.29) is 0 Å². The van der Waals surface area contributed by atoms with Crippen LogP contribution in [0.5, 0.6) is 11.5 Å². The van der Waals surface area contributed by atoms with Gasteiger partial charge >= 0.3 is 0 Å². The van der Waals surface area contributed by atoms with Gasteiger partial charge in [-0.25, -0.2) is 0 Å². The molecule has 1 aliphatic rings. The first-order chi connectivity index (χ1) is 22.1. The monoisotopic (exact) mass is 677 g/mol. The maximum absolute atomic E-state index is 6.61. The first-order valence-electron chi connectivity index (χ1n) is 15.0. The molecule has 0 spiro atoms. The molecule has 1 unspecified atom stereocenters. The van der Waals surface area contributed by atoms with Crippen molar-refractivity contribution < 1.29 is 4.74 Å². The molecule has 0 fully saturated rings. The SMILES string of the molecule is Clc1ccc2c(c1)Oc1ccccc1[Si]2(c1ccc(Br)cc1)c1ccc(-n2c3ccccc3c3ccccc32)c2ccccc12. The van der Waals surface area contributed by atoms with E-state index in [4.69, 9.17) is 16.3 Å². The summed E-state index contributed by atoms with van der Waals surface area (Å²) in [6.45, 7) is 0. The van der Waals surface area contributed by atoms with E-state index < -0.39 is 8.07 Å². The Morgan fingerprint density at radius 3 is 1.82 bits per heavy atom. The maximum atomic E-state index is 6.61. The second-order valence-corrected chi connectivity index (χ2v) is 16.6. The van der Waals surface area contributed by atoms with Crippen LogP contribution in [0.2, 0.25) is 5.02 Å². The Kier molecular flexibility index (Phi) is 6.07. The summed E-state index contributed by atoms with van der Waals surface area (Å²) in [6, 6.07) is 54.6. The number of aromatic nitrogens is 1. The minimum Gasteiger partial charge on any atom is -0.457 e. The second kappa shape index (κ2) is 10.2. The normalized spacial score (nSPS) is 15.6. The summed E-state index contributed by atoms with van der Waals surface area (Å²) < 4.78 is 10.1. The van der Waals surface area contributed by atoms with Crippen molar-refractivity contribution in [1.29, 1.82) is 0 Å². The molecule has 7 aromatic carbocycles. The third kappa shape index (κ3) is 3.86. The van der Waals surface area contributed by atoms with Gasteiger partial charge in [0.2, 0.25) is 0 Å². The van der Waals surface area contributed by atoms with Crippen molar-refractivity contribution in [3.05, 3.63) is 161 Å². The zero-order valence-electron chi connectivity index (χ0n) is 24.0. The Hall–Kier alpha value is -4.61. The molecule has 0 aliphatic carbocycles. The molecule has 0 saturated carbocycles. The predicted octanol–water partition coefficient (Wildman–Crippen LogP) is 8.84. The van der Waals surface area contributed by atoms with Gasteiger partial charge in [0.05, 0.1) is 16.7 Å². The van der Waals surface area contributed by atoms with Crippen LogP contribution in [0.15, 0.2) is 156 Å². The average Bonchev–Trinajstić information content (AvgIpc) is 3.41. The van der Waals surface area contributed by atoms with Gasteiger partial charge in [-0.3, -0.25) is 0 Å². The van der Waals surface area contributed by atoms with Crippen LogP contribution in [0.25, 0.3) is 38.3 Å². The first kappa shape index (κ1) is 26.8. The van der Waals surface area contributed by atoms with E-state index >= 15 is 0 Å². The molecule has 0 bridgehead atoms.